The molecule has 1 aromatic rings. The molecule has 4 N–H and O–H groups in total. The highest BCUT2D eigenvalue weighted by Crippen LogP contribution is 2.15. The normalized spacial score (nSPS) is 15.1. The molecule has 0 atom stereocenters. The molecule has 0 bridgehead atoms. The Labute approximate surface area is 123 Å². The number of hydrogen-bond donors (Lipinski definition) is 3. The number of halogens is 1. The molecule has 5 nitrogen and oxygen atoms in total. The Bertz CT molecular complexity index is 500. The second-order valence-electron chi connectivity index (χ2n) is 4.49. The topological polar surface area (TPSA) is 76.4 Å². The van der Waals surface area contributed by atoms with Gasteiger partial charge in [-0.15, -0.1) is 0 Å². The van der Waals surface area contributed by atoms with Crippen LogP contribution in [0, 0.1) is 0 Å². The van der Waals surface area contributed by atoms with Crippen molar-refractivity contribution in [1.82, 2.24) is 10.6 Å². The van der Waals surface area contributed by atoms with E-state index >= 15 is 0 Å². The molecule has 0 saturated heterocycles. The summed E-state index contributed by atoms with van der Waals surface area (Å²) in [5.74, 6) is 0.618. The van der Waals surface area contributed by atoms with Crippen molar-refractivity contribution in [3.05, 3.63) is 40.6 Å². The maximum atomic E-state index is 11.9. The second kappa shape index (κ2) is 7.17. The van der Waals surface area contributed by atoms with Gasteiger partial charge < -0.3 is 21.1 Å². The maximum Gasteiger partial charge on any atom is 0.249 e. The highest BCUT2D eigenvalue weighted by Gasteiger charge is 2.16. The minimum atomic E-state index is -0.108. The van der Waals surface area contributed by atoms with E-state index in [4.69, 9.17) is 22.1 Å². The molecule has 2 rings (SSSR count). The smallest absolute Gasteiger partial charge is 0.249 e. The van der Waals surface area contributed by atoms with Gasteiger partial charge in [-0.05, 0) is 37.2 Å². The van der Waals surface area contributed by atoms with Gasteiger partial charge in [0.05, 0.1) is 6.54 Å². The van der Waals surface area contributed by atoms with Crippen LogP contribution in [0.4, 0.5) is 0 Å². The molecule has 0 fully saturated rings. The van der Waals surface area contributed by atoms with E-state index in [9.17, 15) is 4.79 Å². The molecular weight excluding hydrogens is 278 g/mol. The Morgan fingerprint density at radius 3 is 2.85 bits per heavy atom. The molecule has 1 aromatic carbocycles. The molecule has 6 heteroatoms. The minimum Gasteiger partial charge on any atom is -0.492 e. The largest absolute Gasteiger partial charge is 0.492 e. The maximum absolute atomic E-state index is 11.9. The van der Waals surface area contributed by atoms with Gasteiger partial charge in [0.2, 0.25) is 5.91 Å². The van der Waals surface area contributed by atoms with Crippen LogP contribution in [0.25, 0.3) is 0 Å². The van der Waals surface area contributed by atoms with Gasteiger partial charge in [-0.1, -0.05) is 11.6 Å². The minimum absolute atomic E-state index is 0.108. The van der Waals surface area contributed by atoms with Gasteiger partial charge in [0.15, 0.2) is 0 Å². The van der Waals surface area contributed by atoms with E-state index in [0.717, 1.165) is 12.3 Å². The SMILES string of the molecule is NC1=C(C(=O)NCCOc2ccc(Cl)cc2)CCNC1. The summed E-state index contributed by atoms with van der Waals surface area (Å²) in [4.78, 5) is 11.9. The summed E-state index contributed by atoms with van der Waals surface area (Å²) in [5.41, 5.74) is 7.10. The predicted octanol–water partition coefficient (Wildman–Crippen LogP) is 1.04. The Balaban J connectivity index is 1.73. The van der Waals surface area contributed by atoms with Crippen LogP contribution in [-0.2, 0) is 4.79 Å². The Morgan fingerprint density at radius 1 is 1.40 bits per heavy atom. The molecule has 108 valence electrons. The Morgan fingerprint density at radius 2 is 2.15 bits per heavy atom. The van der Waals surface area contributed by atoms with Crippen LogP contribution in [0.15, 0.2) is 35.5 Å². The molecule has 0 aliphatic carbocycles. The Hall–Kier alpha value is -1.72. The zero-order chi connectivity index (χ0) is 14.4. The molecule has 1 heterocycles. The molecule has 1 amide bonds. The fourth-order valence-corrected chi connectivity index (χ4v) is 2.06. The van der Waals surface area contributed by atoms with Gasteiger partial charge in [0.25, 0.3) is 0 Å². The fraction of sp³-hybridized carbons (Fsp3) is 0.357. The summed E-state index contributed by atoms with van der Waals surface area (Å²) in [6, 6.07) is 7.10. The summed E-state index contributed by atoms with van der Waals surface area (Å²) in [6.45, 7) is 2.19. The van der Waals surface area contributed by atoms with Gasteiger partial charge in [0, 0.05) is 22.8 Å². The van der Waals surface area contributed by atoms with Crippen molar-refractivity contribution >= 4 is 17.5 Å². The summed E-state index contributed by atoms with van der Waals surface area (Å²) >= 11 is 5.78. The number of nitrogens with one attached hydrogen (secondary N) is 2. The van der Waals surface area contributed by atoms with Crippen molar-refractivity contribution in [1.29, 1.82) is 0 Å². The Kier molecular flexibility index (Phi) is 5.26. The van der Waals surface area contributed by atoms with E-state index < -0.39 is 0 Å². The number of carbonyl (C=O) groups excluding carboxylic acids is 1. The third-order valence-corrected chi connectivity index (χ3v) is 3.25. The van der Waals surface area contributed by atoms with Gasteiger partial charge >= 0.3 is 0 Å². The standard InChI is InChI=1S/C14H18ClN3O2/c15-10-1-3-11(4-2-10)20-8-7-18-14(19)12-5-6-17-9-13(12)16/h1-4,17H,5-9,16H2,(H,18,19). The van der Waals surface area contributed by atoms with Crippen molar-refractivity contribution in [3.63, 3.8) is 0 Å². The van der Waals surface area contributed by atoms with E-state index in [2.05, 4.69) is 10.6 Å². The van der Waals surface area contributed by atoms with Crippen LogP contribution in [0.1, 0.15) is 6.42 Å². The highest BCUT2D eigenvalue weighted by atomic mass is 35.5. The van der Waals surface area contributed by atoms with Crippen LogP contribution in [0.3, 0.4) is 0 Å². The summed E-state index contributed by atoms with van der Waals surface area (Å²) in [5, 5.41) is 6.59. The first-order valence-electron chi connectivity index (χ1n) is 6.51. The summed E-state index contributed by atoms with van der Waals surface area (Å²) in [7, 11) is 0. The number of benzene rings is 1. The van der Waals surface area contributed by atoms with Crippen LogP contribution in [0.5, 0.6) is 5.75 Å². The van der Waals surface area contributed by atoms with Crippen molar-refractivity contribution < 1.29 is 9.53 Å². The third-order valence-electron chi connectivity index (χ3n) is 3.00. The highest BCUT2D eigenvalue weighted by molar-refractivity contribution is 6.30. The van der Waals surface area contributed by atoms with E-state index in [1.165, 1.54) is 0 Å². The average molecular weight is 296 g/mol. The lowest BCUT2D eigenvalue weighted by Gasteiger charge is -2.18. The first kappa shape index (κ1) is 14.7. The monoisotopic (exact) mass is 295 g/mol. The second-order valence-corrected chi connectivity index (χ2v) is 4.93. The van der Waals surface area contributed by atoms with Crippen molar-refractivity contribution in [2.24, 2.45) is 5.73 Å². The lowest BCUT2D eigenvalue weighted by Crippen LogP contribution is -2.37. The number of ether oxygens (including phenoxy) is 1. The van der Waals surface area contributed by atoms with E-state index in [0.29, 0.717) is 42.4 Å². The van der Waals surface area contributed by atoms with Crippen LogP contribution in [-0.4, -0.2) is 32.1 Å². The van der Waals surface area contributed by atoms with Crippen LogP contribution in [0.2, 0.25) is 5.02 Å². The lowest BCUT2D eigenvalue weighted by molar-refractivity contribution is -0.117. The van der Waals surface area contributed by atoms with Gasteiger partial charge in [-0.3, -0.25) is 4.79 Å². The first-order valence-corrected chi connectivity index (χ1v) is 6.89. The molecule has 1 aliphatic rings. The zero-order valence-electron chi connectivity index (χ0n) is 11.1. The third kappa shape index (κ3) is 4.15. The van der Waals surface area contributed by atoms with E-state index in [1.54, 1.807) is 24.3 Å². The molecular formula is C14H18ClN3O2. The number of nitrogens with two attached hydrogens (primary N) is 1. The number of rotatable bonds is 5. The molecule has 0 aromatic heterocycles. The van der Waals surface area contributed by atoms with Crippen molar-refractivity contribution in [2.45, 2.75) is 6.42 Å². The van der Waals surface area contributed by atoms with E-state index in [-0.39, 0.29) is 5.91 Å². The van der Waals surface area contributed by atoms with Crippen LogP contribution < -0.4 is 21.1 Å². The summed E-state index contributed by atoms with van der Waals surface area (Å²) in [6.07, 6.45) is 0.662. The number of hydrogen-bond acceptors (Lipinski definition) is 4. The first-order chi connectivity index (χ1) is 9.66. The lowest BCUT2D eigenvalue weighted by atomic mass is 10.1. The summed E-state index contributed by atoms with van der Waals surface area (Å²) < 4.78 is 5.49. The number of amides is 1. The van der Waals surface area contributed by atoms with Gasteiger partial charge in [-0.25, -0.2) is 0 Å². The van der Waals surface area contributed by atoms with Crippen LogP contribution >= 0.6 is 11.6 Å². The molecule has 0 spiro atoms. The van der Waals surface area contributed by atoms with Gasteiger partial charge in [-0.2, -0.15) is 0 Å². The molecule has 0 unspecified atom stereocenters. The molecule has 0 radical (unpaired) electrons. The van der Waals surface area contributed by atoms with Crippen molar-refractivity contribution in [2.75, 3.05) is 26.2 Å². The molecule has 20 heavy (non-hydrogen) atoms. The van der Waals surface area contributed by atoms with Crippen molar-refractivity contribution in [3.8, 4) is 5.75 Å². The average Bonchev–Trinajstić information content (AvgIpc) is 2.46. The molecule has 1 aliphatic heterocycles. The van der Waals surface area contributed by atoms with E-state index in [1.807, 2.05) is 0 Å². The van der Waals surface area contributed by atoms with Gasteiger partial charge in [0.1, 0.15) is 12.4 Å². The zero-order valence-corrected chi connectivity index (χ0v) is 11.9. The fourth-order valence-electron chi connectivity index (χ4n) is 1.93. The predicted molar refractivity (Wildman–Crippen MR) is 78.7 cm³/mol. The number of carbonyl (C=O) groups is 1. The molecule has 0 saturated carbocycles. The quantitative estimate of drug-likeness (QED) is 0.710.